The average Bonchev–Trinajstić information content (AvgIpc) is 2.18. The van der Waals surface area contributed by atoms with E-state index in [4.69, 9.17) is 9.84 Å². The van der Waals surface area contributed by atoms with E-state index in [1.54, 1.807) is 6.07 Å². The molecule has 0 aromatic heterocycles. The molecule has 0 bridgehead atoms. The molecular formula is C12H18O3. The highest BCUT2D eigenvalue weighted by molar-refractivity contribution is 5.47. The number of phenols is 1. The largest absolute Gasteiger partial charge is 0.504 e. The van der Waals surface area contributed by atoms with Gasteiger partial charge < -0.3 is 14.9 Å². The van der Waals surface area contributed by atoms with Gasteiger partial charge in [0, 0.05) is 6.61 Å². The summed E-state index contributed by atoms with van der Waals surface area (Å²) in [6, 6.07) is 3.51. The number of aliphatic hydroxyl groups excluding tert-OH is 1. The van der Waals surface area contributed by atoms with E-state index in [-0.39, 0.29) is 12.4 Å². The third kappa shape index (κ3) is 2.63. The molecule has 0 unspecified atom stereocenters. The molecule has 1 rings (SSSR count). The first kappa shape index (κ1) is 11.9. The van der Waals surface area contributed by atoms with E-state index in [9.17, 15) is 5.11 Å². The summed E-state index contributed by atoms with van der Waals surface area (Å²) in [4.78, 5) is 0. The lowest BCUT2D eigenvalue weighted by atomic mass is 9.95. The summed E-state index contributed by atoms with van der Waals surface area (Å²) >= 11 is 0. The summed E-state index contributed by atoms with van der Waals surface area (Å²) < 4.78 is 5.06. The fourth-order valence-corrected chi connectivity index (χ4v) is 1.67. The number of ether oxygens (including phenoxy) is 1. The fourth-order valence-electron chi connectivity index (χ4n) is 1.67. The van der Waals surface area contributed by atoms with Gasteiger partial charge in [0.15, 0.2) is 11.5 Å². The van der Waals surface area contributed by atoms with Gasteiger partial charge in [0.05, 0.1) is 7.11 Å². The van der Waals surface area contributed by atoms with Crippen molar-refractivity contribution in [2.45, 2.75) is 26.2 Å². The molecule has 84 valence electrons. The van der Waals surface area contributed by atoms with Crippen molar-refractivity contribution in [3.63, 3.8) is 0 Å². The van der Waals surface area contributed by atoms with Gasteiger partial charge in [0.25, 0.3) is 0 Å². The maximum absolute atomic E-state index is 9.62. The molecule has 0 atom stereocenters. The number of hydrogen-bond acceptors (Lipinski definition) is 3. The van der Waals surface area contributed by atoms with Crippen LogP contribution in [-0.4, -0.2) is 23.9 Å². The molecule has 15 heavy (non-hydrogen) atoms. The lowest BCUT2D eigenvalue weighted by Gasteiger charge is -2.15. The van der Waals surface area contributed by atoms with E-state index in [0.29, 0.717) is 18.1 Å². The highest BCUT2D eigenvalue weighted by atomic mass is 16.5. The SMILES string of the molecule is COc1cc(C(C)C)c(CCO)cc1O. The first-order chi connectivity index (χ1) is 7.10. The minimum atomic E-state index is 0.0888. The van der Waals surface area contributed by atoms with Gasteiger partial charge >= 0.3 is 0 Å². The monoisotopic (exact) mass is 210 g/mol. The van der Waals surface area contributed by atoms with E-state index in [1.807, 2.05) is 6.07 Å². The highest BCUT2D eigenvalue weighted by Crippen LogP contribution is 2.33. The summed E-state index contributed by atoms with van der Waals surface area (Å²) in [5.74, 6) is 0.965. The Kier molecular flexibility index (Phi) is 3.97. The van der Waals surface area contributed by atoms with E-state index in [1.165, 1.54) is 7.11 Å². The Balaban J connectivity index is 3.19. The standard InChI is InChI=1S/C12H18O3/c1-8(2)10-7-12(15-3)11(14)6-9(10)4-5-13/h6-8,13-14H,4-5H2,1-3H3. The molecule has 0 amide bonds. The zero-order valence-electron chi connectivity index (χ0n) is 9.45. The minimum absolute atomic E-state index is 0.0888. The first-order valence-electron chi connectivity index (χ1n) is 5.10. The summed E-state index contributed by atoms with van der Waals surface area (Å²) in [7, 11) is 1.53. The van der Waals surface area contributed by atoms with Crippen molar-refractivity contribution in [1.29, 1.82) is 0 Å². The van der Waals surface area contributed by atoms with E-state index >= 15 is 0 Å². The van der Waals surface area contributed by atoms with Crippen LogP contribution in [0.15, 0.2) is 12.1 Å². The van der Waals surface area contributed by atoms with Gasteiger partial charge in [-0.15, -0.1) is 0 Å². The molecule has 0 radical (unpaired) electrons. The second-order valence-corrected chi connectivity index (χ2v) is 3.85. The molecule has 0 fully saturated rings. The summed E-state index contributed by atoms with van der Waals surface area (Å²) in [5, 5.41) is 18.5. The van der Waals surface area contributed by atoms with Crippen LogP contribution in [0.2, 0.25) is 0 Å². The van der Waals surface area contributed by atoms with Gasteiger partial charge in [-0.25, -0.2) is 0 Å². The predicted molar refractivity (Wildman–Crippen MR) is 59.5 cm³/mol. The topological polar surface area (TPSA) is 49.7 Å². The molecule has 3 nitrogen and oxygen atoms in total. The maximum Gasteiger partial charge on any atom is 0.160 e. The van der Waals surface area contributed by atoms with Crippen LogP contribution in [-0.2, 0) is 6.42 Å². The van der Waals surface area contributed by atoms with Crippen molar-refractivity contribution in [2.75, 3.05) is 13.7 Å². The summed E-state index contributed by atoms with van der Waals surface area (Å²) in [6.45, 7) is 4.24. The van der Waals surface area contributed by atoms with Crippen molar-refractivity contribution in [3.8, 4) is 11.5 Å². The van der Waals surface area contributed by atoms with E-state index < -0.39 is 0 Å². The highest BCUT2D eigenvalue weighted by Gasteiger charge is 2.11. The van der Waals surface area contributed by atoms with Crippen molar-refractivity contribution in [2.24, 2.45) is 0 Å². The number of aliphatic hydroxyl groups is 1. The molecule has 0 aliphatic carbocycles. The maximum atomic E-state index is 9.62. The van der Waals surface area contributed by atoms with Crippen LogP contribution < -0.4 is 4.74 Å². The summed E-state index contributed by atoms with van der Waals surface area (Å²) in [6.07, 6.45) is 0.561. The number of phenolic OH excluding ortho intramolecular Hbond substituents is 1. The van der Waals surface area contributed by atoms with Gasteiger partial charge in [0.1, 0.15) is 0 Å². The quantitative estimate of drug-likeness (QED) is 0.799. The third-order valence-electron chi connectivity index (χ3n) is 2.44. The average molecular weight is 210 g/mol. The Morgan fingerprint density at radius 3 is 2.47 bits per heavy atom. The second kappa shape index (κ2) is 5.03. The van der Waals surface area contributed by atoms with Crippen molar-refractivity contribution in [1.82, 2.24) is 0 Å². The number of aromatic hydroxyl groups is 1. The number of benzene rings is 1. The third-order valence-corrected chi connectivity index (χ3v) is 2.44. The smallest absolute Gasteiger partial charge is 0.160 e. The lowest BCUT2D eigenvalue weighted by Crippen LogP contribution is -2.00. The molecule has 0 aliphatic heterocycles. The van der Waals surface area contributed by atoms with Crippen molar-refractivity contribution < 1.29 is 14.9 Å². The molecular weight excluding hydrogens is 192 g/mol. The van der Waals surface area contributed by atoms with Gasteiger partial charge in [-0.05, 0) is 35.6 Å². The Morgan fingerprint density at radius 1 is 1.33 bits per heavy atom. The van der Waals surface area contributed by atoms with Crippen molar-refractivity contribution >= 4 is 0 Å². The van der Waals surface area contributed by atoms with Gasteiger partial charge in [-0.1, -0.05) is 13.8 Å². The van der Waals surface area contributed by atoms with Crippen LogP contribution in [0.1, 0.15) is 30.9 Å². The Hall–Kier alpha value is -1.22. The Labute approximate surface area is 90.3 Å². The number of rotatable bonds is 4. The molecule has 0 spiro atoms. The lowest BCUT2D eigenvalue weighted by molar-refractivity contribution is 0.298. The number of methoxy groups -OCH3 is 1. The Bertz CT molecular complexity index is 332. The van der Waals surface area contributed by atoms with Gasteiger partial charge in [-0.2, -0.15) is 0 Å². The van der Waals surface area contributed by atoms with Crippen LogP contribution in [0.3, 0.4) is 0 Å². The molecule has 0 saturated carbocycles. The zero-order chi connectivity index (χ0) is 11.4. The van der Waals surface area contributed by atoms with Crippen molar-refractivity contribution in [3.05, 3.63) is 23.3 Å². The van der Waals surface area contributed by atoms with Gasteiger partial charge in [-0.3, -0.25) is 0 Å². The Morgan fingerprint density at radius 2 is 2.00 bits per heavy atom. The van der Waals surface area contributed by atoms with Crippen LogP contribution in [0.5, 0.6) is 11.5 Å². The molecule has 0 saturated heterocycles. The molecule has 0 heterocycles. The van der Waals surface area contributed by atoms with E-state index in [0.717, 1.165) is 11.1 Å². The van der Waals surface area contributed by atoms with Crippen LogP contribution in [0, 0.1) is 0 Å². The molecule has 3 heteroatoms. The first-order valence-corrected chi connectivity index (χ1v) is 5.10. The molecule has 0 aliphatic rings. The fraction of sp³-hybridized carbons (Fsp3) is 0.500. The van der Waals surface area contributed by atoms with E-state index in [2.05, 4.69) is 13.8 Å². The van der Waals surface area contributed by atoms with Crippen LogP contribution >= 0.6 is 0 Å². The van der Waals surface area contributed by atoms with Gasteiger partial charge in [0.2, 0.25) is 0 Å². The zero-order valence-corrected chi connectivity index (χ0v) is 9.45. The summed E-state index contributed by atoms with van der Waals surface area (Å²) in [5.41, 5.74) is 2.09. The second-order valence-electron chi connectivity index (χ2n) is 3.85. The molecule has 2 N–H and O–H groups in total. The molecule has 1 aromatic rings. The normalized spacial score (nSPS) is 10.7. The molecule has 1 aromatic carbocycles. The predicted octanol–water partition coefficient (Wildman–Crippen LogP) is 2.06. The minimum Gasteiger partial charge on any atom is -0.504 e. The van der Waals surface area contributed by atoms with Crippen LogP contribution in [0.4, 0.5) is 0 Å². The number of hydrogen-bond donors (Lipinski definition) is 2. The van der Waals surface area contributed by atoms with Crippen LogP contribution in [0.25, 0.3) is 0 Å².